The summed E-state index contributed by atoms with van der Waals surface area (Å²) in [6, 6.07) is 10.3. The molecule has 13 heteroatoms. The van der Waals surface area contributed by atoms with Gasteiger partial charge in [-0.2, -0.15) is 13.2 Å². The third-order valence-electron chi connectivity index (χ3n) is 6.80. The van der Waals surface area contributed by atoms with Crippen molar-refractivity contribution in [2.45, 2.75) is 62.9 Å². The zero-order valence-electron chi connectivity index (χ0n) is 22.4. The van der Waals surface area contributed by atoms with Crippen LogP contribution in [0.15, 0.2) is 48.0 Å². The van der Waals surface area contributed by atoms with Gasteiger partial charge in [-0.05, 0) is 62.4 Å². The number of hydrogen-bond donors (Lipinski definition) is 2. The van der Waals surface area contributed by atoms with Gasteiger partial charge in [-0.3, -0.25) is 9.59 Å². The van der Waals surface area contributed by atoms with E-state index in [9.17, 15) is 31.2 Å². The molecule has 0 radical (unpaired) electrons. The van der Waals surface area contributed by atoms with Crippen LogP contribution in [0.2, 0.25) is 0 Å². The number of benzene rings is 2. The maximum Gasteiger partial charge on any atom is 0.389 e. The lowest BCUT2D eigenvalue weighted by Gasteiger charge is -2.37. The third kappa shape index (κ3) is 7.38. The van der Waals surface area contributed by atoms with E-state index in [-0.39, 0.29) is 36.3 Å². The monoisotopic (exact) mass is 598 g/mol. The summed E-state index contributed by atoms with van der Waals surface area (Å²) < 4.78 is 90.1. The van der Waals surface area contributed by atoms with Crippen LogP contribution in [0.3, 0.4) is 0 Å². The molecule has 1 heterocycles. The maximum atomic E-state index is 15.3. The molecule has 1 saturated carbocycles. The average molecular weight is 599 g/mol. The molecule has 4 rings (SSSR count). The van der Waals surface area contributed by atoms with E-state index < -0.39 is 56.6 Å². The van der Waals surface area contributed by atoms with Crippen molar-refractivity contribution in [2.24, 2.45) is 0 Å². The molecule has 41 heavy (non-hydrogen) atoms. The van der Waals surface area contributed by atoms with Gasteiger partial charge in [0.15, 0.2) is 0 Å². The lowest BCUT2D eigenvalue weighted by Crippen LogP contribution is -2.51. The number of amides is 2. The second-order valence-corrected chi connectivity index (χ2v) is 12.1. The van der Waals surface area contributed by atoms with Crippen molar-refractivity contribution in [3.05, 3.63) is 65.0 Å². The first-order valence-corrected chi connectivity index (χ1v) is 14.6. The fraction of sp³-hybridized carbons (Fsp3) is 0.429. The van der Waals surface area contributed by atoms with Crippen LogP contribution in [-0.2, 0) is 25.2 Å². The SMILES string of the molecule is CCOc1ccc(C2=C(C(=O)NS(=O)(=O)C3CC3)C(=O)N[C@](C)(c3ccc(OCCCC(F)(F)F)cc3F)C2)cc1. The van der Waals surface area contributed by atoms with Gasteiger partial charge in [0.2, 0.25) is 10.0 Å². The quantitative estimate of drug-likeness (QED) is 0.220. The van der Waals surface area contributed by atoms with Crippen LogP contribution in [-0.4, -0.2) is 44.9 Å². The number of ether oxygens (including phenoxy) is 2. The Morgan fingerprint density at radius 2 is 1.76 bits per heavy atom. The van der Waals surface area contributed by atoms with E-state index in [1.165, 1.54) is 12.1 Å². The minimum atomic E-state index is -4.32. The van der Waals surface area contributed by atoms with E-state index in [4.69, 9.17) is 9.47 Å². The number of hydrogen-bond acceptors (Lipinski definition) is 6. The molecule has 1 atom stereocenters. The molecule has 2 aliphatic rings. The number of halogens is 4. The lowest BCUT2D eigenvalue weighted by atomic mass is 9.78. The molecule has 1 fully saturated rings. The summed E-state index contributed by atoms with van der Waals surface area (Å²) in [5.74, 6) is -2.19. The number of rotatable bonds is 11. The van der Waals surface area contributed by atoms with Crippen LogP contribution in [0, 0.1) is 5.82 Å². The van der Waals surface area contributed by atoms with E-state index in [2.05, 4.69) is 5.32 Å². The normalized spacial score (nSPS) is 19.5. The van der Waals surface area contributed by atoms with Crippen LogP contribution in [0.4, 0.5) is 17.6 Å². The molecule has 1 aliphatic heterocycles. The third-order valence-corrected chi connectivity index (χ3v) is 8.61. The summed E-state index contributed by atoms with van der Waals surface area (Å²) in [7, 11) is -3.96. The molecular weight excluding hydrogens is 568 g/mol. The highest BCUT2D eigenvalue weighted by Crippen LogP contribution is 2.40. The van der Waals surface area contributed by atoms with Gasteiger partial charge in [-0.25, -0.2) is 17.5 Å². The minimum absolute atomic E-state index is 0.0202. The van der Waals surface area contributed by atoms with Crippen LogP contribution < -0.4 is 19.5 Å². The second-order valence-electron chi connectivity index (χ2n) is 10.2. The summed E-state index contributed by atoms with van der Waals surface area (Å²) in [4.78, 5) is 26.6. The van der Waals surface area contributed by atoms with E-state index in [0.29, 0.717) is 30.8 Å². The second kappa shape index (κ2) is 11.7. The zero-order chi connectivity index (χ0) is 30.0. The number of sulfonamides is 1. The Morgan fingerprint density at radius 1 is 1.10 bits per heavy atom. The van der Waals surface area contributed by atoms with Crippen molar-refractivity contribution in [1.29, 1.82) is 0 Å². The number of carbonyl (C=O) groups excluding carboxylic acids is 2. The van der Waals surface area contributed by atoms with Crippen LogP contribution in [0.25, 0.3) is 5.57 Å². The smallest absolute Gasteiger partial charge is 0.389 e. The predicted molar refractivity (Wildman–Crippen MR) is 142 cm³/mol. The number of alkyl halides is 3. The highest BCUT2D eigenvalue weighted by atomic mass is 32.2. The summed E-state index contributed by atoms with van der Waals surface area (Å²) in [6.45, 7) is 3.51. The van der Waals surface area contributed by atoms with Crippen molar-refractivity contribution in [3.63, 3.8) is 0 Å². The Kier molecular flexibility index (Phi) is 8.67. The van der Waals surface area contributed by atoms with Gasteiger partial charge < -0.3 is 14.8 Å². The molecule has 2 N–H and O–H groups in total. The highest BCUT2D eigenvalue weighted by Gasteiger charge is 2.43. The Hall–Kier alpha value is -3.61. The summed E-state index contributed by atoms with van der Waals surface area (Å²) >= 11 is 0. The van der Waals surface area contributed by atoms with Crippen molar-refractivity contribution in [3.8, 4) is 11.5 Å². The molecule has 0 bridgehead atoms. The Bertz CT molecular complexity index is 1450. The van der Waals surface area contributed by atoms with E-state index in [1.807, 2.05) is 11.6 Å². The minimum Gasteiger partial charge on any atom is -0.494 e. The first-order chi connectivity index (χ1) is 19.2. The fourth-order valence-corrected chi connectivity index (χ4v) is 5.93. The van der Waals surface area contributed by atoms with Crippen molar-refractivity contribution >= 4 is 27.4 Å². The molecular formula is C28H30F4N2O6S. The molecule has 2 amide bonds. The molecule has 8 nitrogen and oxygen atoms in total. The van der Waals surface area contributed by atoms with Gasteiger partial charge in [0.1, 0.15) is 22.9 Å². The molecule has 0 unspecified atom stereocenters. The molecule has 2 aromatic rings. The van der Waals surface area contributed by atoms with Gasteiger partial charge in [-0.15, -0.1) is 0 Å². The Balaban J connectivity index is 1.65. The molecule has 1 aliphatic carbocycles. The van der Waals surface area contributed by atoms with Gasteiger partial charge in [-0.1, -0.05) is 18.2 Å². The van der Waals surface area contributed by atoms with Crippen LogP contribution >= 0.6 is 0 Å². The van der Waals surface area contributed by atoms with Crippen molar-refractivity contribution in [1.82, 2.24) is 10.0 Å². The van der Waals surface area contributed by atoms with Crippen LogP contribution in [0.5, 0.6) is 11.5 Å². The lowest BCUT2D eigenvalue weighted by molar-refractivity contribution is -0.136. The summed E-state index contributed by atoms with van der Waals surface area (Å²) in [5, 5.41) is 1.95. The first kappa shape index (κ1) is 30.4. The molecule has 0 aromatic heterocycles. The number of carbonyl (C=O) groups is 2. The molecule has 0 saturated heterocycles. The Labute approximate surface area is 235 Å². The van der Waals surface area contributed by atoms with Crippen LogP contribution in [0.1, 0.15) is 57.1 Å². The van der Waals surface area contributed by atoms with E-state index >= 15 is 4.39 Å². The summed E-state index contributed by atoms with van der Waals surface area (Å²) in [6.07, 6.45) is -4.90. The standard InChI is InChI=1S/C28H30F4N2O6S/c1-3-39-18-7-5-17(6-8-18)21-16-27(2,33-25(35)24(21)26(36)34-41(37,38)20-10-11-20)22-12-9-19(15-23(22)29)40-14-4-13-28(30,31)32/h5-9,12,15,20H,3-4,10-11,13-14,16H2,1-2H3,(H,33,35)(H,34,36)/t27-/m0/s1. The van der Waals surface area contributed by atoms with Gasteiger partial charge in [0, 0.05) is 24.5 Å². The van der Waals surface area contributed by atoms with Gasteiger partial charge in [0.25, 0.3) is 11.8 Å². The van der Waals surface area contributed by atoms with Gasteiger partial charge >= 0.3 is 6.18 Å². The fourth-order valence-electron chi connectivity index (χ4n) is 4.64. The van der Waals surface area contributed by atoms with E-state index in [1.54, 1.807) is 31.2 Å². The zero-order valence-corrected chi connectivity index (χ0v) is 23.3. The highest BCUT2D eigenvalue weighted by molar-refractivity contribution is 7.91. The predicted octanol–water partition coefficient (Wildman–Crippen LogP) is 4.74. The molecule has 222 valence electrons. The summed E-state index contributed by atoms with van der Waals surface area (Å²) in [5.41, 5.74) is -1.09. The van der Waals surface area contributed by atoms with Gasteiger partial charge in [0.05, 0.1) is 24.0 Å². The largest absolute Gasteiger partial charge is 0.494 e. The van der Waals surface area contributed by atoms with E-state index in [0.717, 1.165) is 6.07 Å². The first-order valence-electron chi connectivity index (χ1n) is 13.1. The molecule has 0 spiro atoms. The molecule has 2 aromatic carbocycles. The van der Waals surface area contributed by atoms with Crippen molar-refractivity contribution in [2.75, 3.05) is 13.2 Å². The maximum absolute atomic E-state index is 15.3. The average Bonchev–Trinajstić information content (AvgIpc) is 3.72. The Morgan fingerprint density at radius 3 is 2.34 bits per heavy atom. The topological polar surface area (TPSA) is 111 Å². The number of nitrogens with one attached hydrogen (secondary N) is 2. The van der Waals surface area contributed by atoms with Crippen molar-refractivity contribution < 1.29 is 45.0 Å².